The van der Waals surface area contributed by atoms with Crippen LogP contribution in [0.3, 0.4) is 0 Å². The summed E-state index contributed by atoms with van der Waals surface area (Å²) >= 11 is 6.05. The molecule has 2 aromatic carbocycles. The normalized spacial score (nSPS) is 17.2. The molecule has 0 aromatic heterocycles. The van der Waals surface area contributed by atoms with Gasteiger partial charge in [0.1, 0.15) is 0 Å². The third-order valence-corrected chi connectivity index (χ3v) is 4.73. The number of amides is 1. The maximum atomic E-state index is 12.8. The van der Waals surface area contributed by atoms with E-state index in [-0.39, 0.29) is 11.9 Å². The van der Waals surface area contributed by atoms with Crippen LogP contribution in [0.5, 0.6) is 0 Å². The highest BCUT2D eigenvalue weighted by Crippen LogP contribution is 2.32. The average molecular weight is 370 g/mol. The van der Waals surface area contributed by atoms with Gasteiger partial charge in [0.15, 0.2) is 6.10 Å². The molecule has 5 heteroatoms. The molecule has 2 atom stereocenters. The first kappa shape index (κ1) is 18.2. The first-order valence-corrected chi connectivity index (χ1v) is 8.89. The van der Waals surface area contributed by atoms with E-state index in [0.29, 0.717) is 10.6 Å². The van der Waals surface area contributed by atoms with Gasteiger partial charge in [-0.15, -0.1) is 0 Å². The standard InChI is InChI=1S/C21H20ClNO3/c1-14-13-17-8-4-6-10-19(17)23(14)21(25)15(2)26-20(24)12-11-16-7-3-5-9-18(16)22/h3-12,14-15H,13H2,1-2H3/b12-11+/t14-,15-/m0/s1. The number of rotatable bonds is 4. The molecule has 1 aliphatic heterocycles. The molecule has 0 aliphatic carbocycles. The maximum Gasteiger partial charge on any atom is 0.331 e. The van der Waals surface area contributed by atoms with Crippen molar-refractivity contribution in [3.63, 3.8) is 0 Å². The third-order valence-electron chi connectivity index (χ3n) is 4.39. The van der Waals surface area contributed by atoms with E-state index in [1.54, 1.807) is 30.0 Å². The molecule has 0 unspecified atom stereocenters. The van der Waals surface area contributed by atoms with Gasteiger partial charge >= 0.3 is 5.97 Å². The lowest BCUT2D eigenvalue weighted by molar-refractivity contribution is -0.149. The van der Waals surface area contributed by atoms with E-state index in [9.17, 15) is 9.59 Å². The second-order valence-corrected chi connectivity index (χ2v) is 6.73. The lowest BCUT2D eigenvalue weighted by atomic mass is 10.1. The molecule has 0 fully saturated rings. The van der Waals surface area contributed by atoms with Gasteiger partial charge in [-0.1, -0.05) is 48.0 Å². The highest BCUT2D eigenvalue weighted by atomic mass is 35.5. The smallest absolute Gasteiger partial charge is 0.331 e. The summed E-state index contributed by atoms with van der Waals surface area (Å²) in [6.07, 6.45) is 2.80. The number of halogens is 1. The van der Waals surface area contributed by atoms with E-state index in [2.05, 4.69) is 0 Å². The molecule has 0 spiro atoms. The van der Waals surface area contributed by atoms with Crippen molar-refractivity contribution in [2.75, 3.05) is 4.90 Å². The molecule has 0 bridgehead atoms. The molecule has 1 aliphatic rings. The number of esters is 1. The van der Waals surface area contributed by atoms with Crippen molar-refractivity contribution < 1.29 is 14.3 Å². The Morgan fingerprint density at radius 3 is 2.65 bits per heavy atom. The molecule has 134 valence electrons. The van der Waals surface area contributed by atoms with Gasteiger partial charge in [0.05, 0.1) is 0 Å². The number of carbonyl (C=O) groups is 2. The first-order chi connectivity index (χ1) is 12.5. The van der Waals surface area contributed by atoms with Gasteiger partial charge in [-0.25, -0.2) is 4.79 Å². The Morgan fingerprint density at radius 2 is 1.88 bits per heavy atom. The summed E-state index contributed by atoms with van der Waals surface area (Å²) in [5, 5.41) is 0.545. The van der Waals surface area contributed by atoms with E-state index in [1.807, 2.05) is 43.3 Å². The van der Waals surface area contributed by atoms with Crippen molar-refractivity contribution >= 4 is 35.2 Å². The Bertz CT molecular complexity index is 862. The van der Waals surface area contributed by atoms with Crippen molar-refractivity contribution in [1.29, 1.82) is 0 Å². The SMILES string of the molecule is C[C@H](OC(=O)/C=C/c1ccccc1Cl)C(=O)N1c2ccccc2C[C@@H]1C. The summed E-state index contributed by atoms with van der Waals surface area (Å²) in [6.45, 7) is 3.58. The second-order valence-electron chi connectivity index (χ2n) is 6.32. The van der Waals surface area contributed by atoms with Gasteiger partial charge < -0.3 is 9.64 Å². The Hall–Kier alpha value is -2.59. The van der Waals surface area contributed by atoms with Crippen molar-refractivity contribution in [3.8, 4) is 0 Å². The summed E-state index contributed by atoms with van der Waals surface area (Å²) in [7, 11) is 0. The van der Waals surface area contributed by atoms with E-state index in [0.717, 1.165) is 17.7 Å². The maximum absolute atomic E-state index is 12.8. The van der Waals surface area contributed by atoms with Crippen LogP contribution < -0.4 is 4.90 Å². The summed E-state index contributed by atoms with van der Waals surface area (Å²) in [5.41, 5.74) is 2.73. The van der Waals surface area contributed by atoms with Gasteiger partial charge in [0, 0.05) is 22.8 Å². The van der Waals surface area contributed by atoms with Crippen LogP contribution in [0.15, 0.2) is 54.6 Å². The fourth-order valence-corrected chi connectivity index (χ4v) is 3.33. The molecule has 1 heterocycles. The first-order valence-electron chi connectivity index (χ1n) is 8.51. The van der Waals surface area contributed by atoms with E-state index < -0.39 is 12.1 Å². The highest BCUT2D eigenvalue weighted by Gasteiger charge is 2.34. The molecule has 0 radical (unpaired) electrons. The van der Waals surface area contributed by atoms with Crippen LogP contribution >= 0.6 is 11.6 Å². The Labute approximate surface area is 158 Å². The lowest BCUT2D eigenvalue weighted by Crippen LogP contribution is -2.43. The predicted molar refractivity (Wildman–Crippen MR) is 103 cm³/mol. The number of fused-ring (bicyclic) bond motifs is 1. The fraction of sp³-hybridized carbons (Fsp3) is 0.238. The molecule has 0 saturated heterocycles. The number of para-hydroxylation sites is 1. The monoisotopic (exact) mass is 369 g/mol. The van der Waals surface area contributed by atoms with E-state index in [4.69, 9.17) is 16.3 Å². The molecular weight excluding hydrogens is 350 g/mol. The van der Waals surface area contributed by atoms with Gasteiger partial charge in [-0.3, -0.25) is 4.79 Å². The van der Waals surface area contributed by atoms with Gasteiger partial charge in [0.2, 0.25) is 0 Å². The highest BCUT2D eigenvalue weighted by molar-refractivity contribution is 6.32. The zero-order valence-electron chi connectivity index (χ0n) is 14.7. The van der Waals surface area contributed by atoms with Crippen LogP contribution in [0.4, 0.5) is 5.69 Å². The number of carbonyl (C=O) groups excluding carboxylic acids is 2. The zero-order chi connectivity index (χ0) is 18.7. The van der Waals surface area contributed by atoms with Gasteiger partial charge in [-0.2, -0.15) is 0 Å². The van der Waals surface area contributed by atoms with Gasteiger partial charge in [-0.05, 0) is 49.6 Å². The molecule has 2 aromatic rings. The summed E-state index contributed by atoms with van der Waals surface area (Å²) in [5.74, 6) is -0.798. The van der Waals surface area contributed by atoms with Crippen molar-refractivity contribution in [2.45, 2.75) is 32.4 Å². The number of ether oxygens (including phenoxy) is 1. The molecule has 0 N–H and O–H groups in total. The minimum Gasteiger partial charge on any atom is -0.449 e. The lowest BCUT2D eigenvalue weighted by Gasteiger charge is -2.25. The number of benzene rings is 2. The molecule has 0 saturated carbocycles. The van der Waals surface area contributed by atoms with Crippen molar-refractivity contribution in [2.24, 2.45) is 0 Å². The Morgan fingerprint density at radius 1 is 1.19 bits per heavy atom. The number of nitrogens with zero attached hydrogens (tertiary/aromatic N) is 1. The molecule has 1 amide bonds. The van der Waals surface area contributed by atoms with E-state index in [1.165, 1.54) is 6.08 Å². The zero-order valence-corrected chi connectivity index (χ0v) is 15.4. The van der Waals surface area contributed by atoms with Crippen molar-refractivity contribution in [3.05, 3.63) is 70.8 Å². The molecule has 26 heavy (non-hydrogen) atoms. The van der Waals surface area contributed by atoms with Gasteiger partial charge in [0.25, 0.3) is 5.91 Å². The van der Waals surface area contributed by atoms with Crippen LogP contribution in [0.1, 0.15) is 25.0 Å². The van der Waals surface area contributed by atoms with Crippen LogP contribution in [0.2, 0.25) is 5.02 Å². The minimum absolute atomic E-state index is 0.0414. The summed E-state index contributed by atoms with van der Waals surface area (Å²) < 4.78 is 5.29. The van der Waals surface area contributed by atoms with E-state index >= 15 is 0 Å². The fourth-order valence-electron chi connectivity index (χ4n) is 3.13. The summed E-state index contributed by atoms with van der Waals surface area (Å²) in [6, 6.07) is 15.0. The topological polar surface area (TPSA) is 46.6 Å². The Balaban J connectivity index is 1.66. The molecule has 4 nitrogen and oxygen atoms in total. The quantitative estimate of drug-likeness (QED) is 0.597. The summed E-state index contributed by atoms with van der Waals surface area (Å²) in [4.78, 5) is 26.6. The van der Waals surface area contributed by atoms with Crippen LogP contribution in [-0.2, 0) is 20.7 Å². The Kier molecular flexibility index (Phi) is 5.43. The number of anilines is 1. The second kappa shape index (κ2) is 7.75. The van der Waals surface area contributed by atoms with Crippen LogP contribution in [0, 0.1) is 0 Å². The number of hydrogen-bond donors (Lipinski definition) is 0. The van der Waals surface area contributed by atoms with Crippen LogP contribution in [0.25, 0.3) is 6.08 Å². The minimum atomic E-state index is -0.869. The number of hydrogen-bond acceptors (Lipinski definition) is 3. The largest absolute Gasteiger partial charge is 0.449 e. The van der Waals surface area contributed by atoms with Crippen LogP contribution in [-0.4, -0.2) is 24.0 Å². The van der Waals surface area contributed by atoms with Crippen molar-refractivity contribution in [1.82, 2.24) is 0 Å². The average Bonchev–Trinajstić information content (AvgIpc) is 2.96. The third kappa shape index (κ3) is 3.81. The predicted octanol–water partition coefficient (Wildman–Crippen LogP) is 4.26. The molecular formula is C21H20ClNO3. The molecule has 3 rings (SSSR count).